The summed E-state index contributed by atoms with van der Waals surface area (Å²) >= 11 is 12.4. The number of Topliss-reactive ketones (excluding diaryl/α,β-unsaturated/α-hetero) is 1. The fourth-order valence-electron chi connectivity index (χ4n) is 7.04. The van der Waals surface area contributed by atoms with E-state index in [1.54, 1.807) is 36.4 Å². The van der Waals surface area contributed by atoms with Crippen LogP contribution in [0.5, 0.6) is 0 Å². The van der Waals surface area contributed by atoms with Crippen molar-refractivity contribution in [2.24, 2.45) is 5.92 Å². The van der Waals surface area contributed by atoms with Gasteiger partial charge in [0.1, 0.15) is 6.04 Å². The highest BCUT2D eigenvalue weighted by Gasteiger charge is 2.57. The molecule has 3 amide bonds. The lowest BCUT2D eigenvalue weighted by molar-refractivity contribution is -0.143. The summed E-state index contributed by atoms with van der Waals surface area (Å²) in [5.41, 5.74) is -0.145. The van der Waals surface area contributed by atoms with Crippen LogP contribution in [0.3, 0.4) is 0 Å². The second-order valence-electron chi connectivity index (χ2n) is 13.3. The van der Waals surface area contributed by atoms with Crippen LogP contribution in [-0.4, -0.2) is 66.7 Å². The molecular formula is C34H39Cl2N3O6S. The van der Waals surface area contributed by atoms with Gasteiger partial charge in [-0.1, -0.05) is 79.6 Å². The van der Waals surface area contributed by atoms with E-state index in [0.29, 0.717) is 24.3 Å². The number of halogens is 2. The monoisotopic (exact) mass is 687 g/mol. The Morgan fingerprint density at radius 3 is 2.22 bits per heavy atom. The summed E-state index contributed by atoms with van der Waals surface area (Å²) in [6.45, 7) is -0.205. The lowest BCUT2D eigenvalue weighted by Gasteiger charge is -2.31. The quantitative estimate of drug-likeness (QED) is 0.328. The summed E-state index contributed by atoms with van der Waals surface area (Å²) in [5.74, 6) is -2.23. The first-order valence-corrected chi connectivity index (χ1v) is 18.5. The Morgan fingerprint density at radius 2 is 1.59 bits per heavy atom. The molecule has 4 fully saturated rings. The van der Waals surface area contributed by atoms with Gasteiger partial charge in [-0.3, -0.25) is 19.2 Å². The molecule has 2 aromatic rings. The minimum atomic E-state index is -4.04. The number of nitrogens with zero attached hydrogens (tertiary/aromatic N) is 1. The van der Waals surface area contributed by atoms with Crippen molar-refractivity contribution in [3.05, 3.63) is 64.1 Å². The molecule has 2 N–H and O–H groups in total. The zero-order chi connectivity index (χ0) is 32.6. The van der Waals surface area contributed by atoms with E-state index in [2.05, 4.69) is 10.6 Å². The van der Waals surface area contributed by atoms with Crippen molar-refractivity contribution in [2.45, 2.75) is 104 Å². The van der Waals surface area contributed by atoms with Gasteiger partial charge in [-0.2, -0.15) is 0 Å². The number of sulfone groups is 1. The minimum absolute atomic E-state index is 0.0243. The van der Waals surface area contributed by atoms with Crippen LogP contribution in [0.25, 0.3) is 0 Å². The minimum Gasteiger partial charge on any atom is -0.347 e. The van der Waals surface area contributed by atoms with Crippen molar-refractivity contribution in [1.29, 1.82) is 0 Å². The Bertz CT molecular complexity index is 1620. The van der Waals surface area contributed by atoms with Gasteiger partial charge in [0.2, 0.25) is 17.6 Å². The van der Waals surface area contributed by atoms with E-state index in [-0.39, 0.29) is 40.8 Å². The molecule has 0 radical (unpaired) electrons. The molecule has 0 aromatic heterocycles. The first-order chi connectivity index (χ1) is 22.0. The number of hydrogen-bond donors (Lipinski definition) is 2. The third kappa shape index (κ3) is 6.85. The van der Waals surface area contributed by atoms with E-state index in [0.717, 1.165) is 50.5 Å². The first kappa shape index (κ1) is 33.0. The third-order valence-corrected chi connectivity index (χ3v) is 12.9. The number of hydrogen-bond acceptors (Lipinski definition) is 6. The van der Waals surface area contributed by atoms with Crippen LogP contribution in [0.15, 0.2) is 53.4 Å². The molecule has 6 rings (SSSR count). The van der Waals surface area contributed by atoms with Gasteiger partial charge in [0, 0.05) is 17.6 Å². The number of benzene rings is 2. The van der Waals surface area contributed by atoms with Gasteiger partial charge in [-0.25, -0.2) is 8.42 Å². The number of likely N-dealkylation sites (tertiary alicyclic amines) is 1. The molecule has 1 aliphatic heterocycles. The molecule has 9 nitrogen and oxygen atoms in total. The van der Waals surface area contributed by atoms with Gasteiger partial charge in [0.25, 0.3) is 5.91 Å². The molecule has 2 aromatic carbocycles. The second-order valence-corrected chi connectivity index (χ2v) is 16.3. The predicted molar refractivity (Wildman–Crippen MR) is 174 cm³/mol. The Hall–Kier alpha value is -2.95. The van der Waals surface area contributed by atoms with E-state index >= 15 is 0 Å². The van der Waals surface area contributed by atoms with Crippen molar-refractivity contribution in [2.75, 3.05) is 6.54 Å². The van der Waals surface area contributed by atoms with Gasteiger partial charge >= 0.3 is 0 Å². The number of carbonyl (C=O) groups is 4. The molecule has 3 atom stereocenters. The number of carbonyl (C=O) groups excluding carboxylic acids is 4. The van der Waals surface area contributed by atoms with Crippen LogP contribution in [-0.2, 0) is 34.4 Å². The maximum Gasteiger partial charge on any atom is 0.289 e. The smallest absolute Gasteiger partial charge is 0.289 e. The summed E-state index contributed by atoms with van der Waals surface area (Å²) in [4.78, 5) is 56.1. The fraction of sp³-hybridized carbons (Fsp3) is 0.529. The lowest BCUT2D eigenvalue weighted by atomic mass is 9.83. The second kappa shape index (κ2) is 13.3. The molecule has 246 valence electrons. The van der Waals surface area contributed by atoms with Crippen LogP contribution in [0.1, 0.15) is 76.2 Å². The SMILES string of the molecule is O=C(NC1CC1)C(=O)C(CC1CCCCC1)NC(=O)C1CC(S(=O)(=O)c2ccccc2Cl)CN1C(=O)C1(c2ccc(Cl)cc2)CC1. The first-order valence-electron chi connectivity index (χ1n) is 16.2. The van der Waals surface area contributed by atoms with Gasteiger partial charge in [0.05, 0.1) is 26.6 Å². The van der Waals surface area contributed by atoms with Crippen molar-refractivity contribution in [1.82, 2.24) is 15.5 Å². The summed E-state index contributed by atoms with van der Waals surface area (Å²) in [5, 5.41) is 5.05. The van der Waals surface area contributed by atoms with E-state index in [1.165, 1.54) is 17.0 Å². The zero-order valence-electron chi connectivity index (χ0n) is 25.6. The lowest BCUT2D eigenvalue weighted by Crippen LogP contribution is -2.55. The zero-order valence-corrected chi connectivity index (χ0v) is 27.9. The number of rotatable bonds is 11. The largest absolute Gasteiger partial charge is 0.347 e. The standard InChI is InChI=1S/C34H39Cl2N3O6S/c35-23-12-10-22(11-13-23)34(16-17-34)33(43)39-20-25(46(44,45)29-9-5-4-8-26(29)36)19-28(39)31(41)38-27(18-21-6-2-1-3-7-21)30(40)32(42)37-24-14-15-24/h4-5,8-13,21,24-25,27-28H,1-3,6-7,14-20H2,(H,37,42)(H,38,41). The molecule has 4 aliphatic rings. The van der Waals surface area contributed by atoms with Crippen LogP contribution in [0.4, 0.5) is 0 Å². The summed E-state index contributed by atoms with van der Waals surface area (Å²) in [6, 6.07) is 10.8. The Labute approximate surface area is 279 Å². The Kier molecular flexibility index (Phi) is 9.52. The predicted octanol–water partition coefficient (Wildman–Crippen LogP) is 4.77. The average molecular weight is 689 g/mol. The number of ketones is 1. The van der Waals surface area contributed by atoms with Gasteiger partial charge in [-0.15, -0.1) is 0 Å². The van der Waals surface area contributed by atoms with Gasteiger partial charge in [-0.05, 0) is 74.3 Å². The Balaban J connectivity index is 1.29. The molecule has 3 aliphatic carbocycles. The van der Waals surface area contributed by atoms with Crippen molar-refractivity contribution >= 4 is 56.5 Å². The highest BCUT2D eigenvalue weighted by molar-refractivity contribution is 7.92. The van der Waals surface area contributed by atoms with Crippen LogP contribution in [0, 0.1) is 5.92 Å². The molecule has 3 unspecified atom stereocenters. The summed E-state index contributed by atoms with van der Waals surface area (Å²) in [7, 11) is -4.04. The number of nitrogens with one attached hydrogen (secondary N) is 2. The molecular weight excluding hydrogens is 649 g/mol. The van der Waals surface area contributed by atoms with E-state index < -0.39 is 50.2 Å². The number of amides is 3. The Morgan fingerprint density at radius 1 is 0.913 bits per heavy atom. The summed E-state index contributed by atoms with van der Waals surface area (Å²) < 4.78 is 27.8. The van der Waals surface area contributed by atoms with Crippen LogP contribution in [0.2, 0.25) is 10.0 Å². The van der Waals surface area contributed by atoms with E-state index in [4.69, 9.17) is 23.2 Å². The molecule has 3 saturated carbocycles. The topological polar surface area (TPSA) is 130 Å². The van der Waals surface area contributed by atoms with E-state index in [9.17, 15) is 27.6 Å². The van der Waals surface area contributed by atoms with E-state index in [1.807, 2.05) is 0 Å². The average Bonchev–Trinajstić information content (AvgIpc) is 3.98. The van der Waals surface area contributed by atoms with Crippen LogP contribution < -0.4 is 10.6 Å². The van der Waals surface area contributed by atoms with Gasteiger partial charge < -0.3 is 15.5 Å². The third-order valence-electron chi connectivity index (χ3n) is 10.0. The van der Waals surface area contributed by atoms with Crippen molar-refractivity contribution < 1.29 is 27.6 Å². The van der Waals surface area contributed by atoms with Crippen LogP contribution >= 0.6 is 23.2 Å². The van der Waals surface area contributed by atoms with Crippen molar-refractivity contribution in [3.8, 4) is 0 Å². The molecule has 1 saturated heterocycles. The summed E-state index contributed by atoms with van der Waals surface area (Å²) in [6.07, 6.45) is 7.83. The molecule has 1 heterocycles. The molecule has 0 bridgehead atoms. The normalized spacial score (nSPS) is 23.4. The van der Waals surface area contributed by atoms with Crippen molar-refractivity contribution in [3.63, 3.8) is 0 Å². The molecule has 12 heteroatoms. The molecule has 0 spiro atoms. The highest BCUT2D eigenvalue weighted by Crippen LogP contribution is 2.51. The van der Waals surface area contributed by atoms with Gasteiger partial charge in [0.15, 0.2) is 9.84 Å². The maximum absolute atomic E-state index is 14.3. The molecule has 46 heavy (non-hydrogen) atoms. The fourth-order valence-corrected chi connectivity index (χ4v) is 9.39. The highest BCUT2D eigenvalue weighted by atomic mass is 35.5. The maximum atomic E-state index is 14.3.